The second-order valence-electron chi connectivity index (χ2n) is 20.1. The molecule has 2 unspecified atom stereocenters. The fraction of sp³-hybridized carbons (Fsp3) is 0.414. The number of hydrogen-bond donors (Lipinski definition) is 0. The fourth-order valence-electron chi connectivity index (χ4n) is 9.57. The number of rotatable bonds is 8. The van der Waals surface area contributed by atoms with Crippen LogP contribution in [0.2, 0.25) is 13.1 Å². The minimum absolute atomic E-state index is 0.195. The second-order valence-corrected chi connectivity index (χ2v) is 24.8. The van der Waals surface area contributed by atoms with E-state index in [4.69, 9.17) is 17.0 Å². The molecule has 6 aromatic rings. The van der Waals surface area contributed by atoms with Crippen LogP contribution in [0.4, 0.5) is 0 Å². The van der Waals surface area contributed by atoms with Gasteiger partial charge in [-0.1, -0.05) is 165 Å². The summed E-state index contributed by atoms with van der Waals surface area (Å²) in [5.74, 6) is 0. The third-order valence-corrected chi connectivity index (χ3v) is 13.5. The SMILES string of the molecule is CCC1(Cc2cc3c(-c4ccc(C(C)(C)C)cc4)cccc3[cH-]2)CC=CCC1.CCC1(Cc2cc3c(-c4ccc(C(C)(C)C)cc4)cccc3[cH-]2)CC=CCC1.C[Si]C.[Cl][Zr+2][Cl]. The predicted octanol–water partition coefficient (Wildman–Crippen LogP) is 18.6. The van der Waals surface area contributed by atoms with Crippen LogP contribution in [0.15, 0.2) is 133 Å². The van der Waals surface area contributed by atoms with E-state index in [0.717, 1.165) is 9.52 Å². The summed E-state index contributed by atoms with van der Waals surface area (Å²) in [5, 5.41) is 5.56. The molecule has 0 N–H and O–H groups in total. The van der Waals surface area contributed by atoms with Crippen LogP contribution in [-0.2, 0) is 44.5 Å². The standard InChI is InChI=1S/2C28H33.C2H6Si.2ClH.Zr/c2*1-5-28(16-7-6-8-17-28)20-21-18-23-10-9-11-25(26(23)19-21)22-12-14-24(15-13-22)27(2,3)4;1-3-2;;;/h2*6-7,9-15,18-19H,5,8,16-17,20H2,1-4H3;1-2H3;2*1H;/q2*-1;;;;+4/p-2. The number of benzene rings is 4. The van der Waals surface area contributed by atoms with Gasteiger partial charge in [0.2, 0.25) is 0 Å². The molecule has 8 rings (SSSR count). The van der Waals surface area contributed by atoms with Gasteiger partial charge in [0.05, 0.1) is 0 Å². The molecule has 0 amide bonds. The van der Waals surface area contributed by atoms with Crippen LogP contribution in [0.5, 0.6) is 0 Å². The van der Waals surface area contributed by atoms with Crippen LogP contribution in [0, 0.1) is 10.8 Å². The zero-order chi connectivity index (χ0) is 45.0. The van der Waals surface area contributed by atoms with E-state index >= 15 is 0 Å². The Morgan fingerprint density at radius 2 is 0.919 bits per heavy atom. The summed E-state index contributed by atoms with van der Waals surface area (Å²) in [5.41, 5.74) is 12.4. The monoisotopic (exact) mass is 956 g/mol. The molecule has 0 aliphatic heterocycles. The molecule has 0 saturated heterocycles. The van der Waals surface area contributed by atoms with Crippen molar-refractivity contribution >= 4 is 48.1 Å². The summed E-state index contributed by atoms with van der Waals surface area (Å²) >= 11 is -0.826. The maximum absolute atomic E-state index is 4.93. The van der Waals surface area contributed by atoms with E-state index < -0.39 is 20.8 Å². The molecule has 6 aromatic carbocycles. The van der Waals surface area contributed by atoms with E-state index in [-0.39, 0.29) is 10.8 Å². The number of fused-ring (bicyclic) bond motifs is 2. The molecule has 2 aliphatic rings. The average Bonchev–Trinajstić information content (AvgIpc) is 3.87. The van der Waals surface area contributed by atoms with E-state index in [1.165, 1.54) is 130 Å². The van der Waals surface area contributed by atoms with E-state index in [0.29, 0.717) is 10.8 Å². The molecule has 62 heavy (non-hydrogen) atoms. The van der Waals surface area contributed by atoms with Crippen molar-refractivity contribution in [1.82, 2.24) is 0 Å². The average molecular weight is 959 g/mol. The molecule has 0 fully saturated rings. The molecule has 2 radical (unpaired) electrons. The Bertz CT molecular complexity index is 2180. The molecule has 0 aromatic heterocycles. The van der Waals surface area contributed by atoms with Crippen molar-refractivity contribution in [3.05, 3.63) is 156 Å². The van der Waals surface area contributed by atoms with Crippen LogP contribution < -0.4 is 0 Å². The van der Waals surface area contributed by atoms with Crippen LogP contribution in [0.1, 0.15) is 129 Å². The van der Waals surface area contributed by atoms with Gasteiger partial charge in [-0.05, 0) is 108 Å². The van der Waals surface area contributed by atoms with Crippen LogP contribution in [0.25, 0.3) is 43.8 Å². The molecular formula is C58H72Cl2SiZr. The van der Waals surface area contributed by atoms with E-state index in [2.05, 4.69) is 202 Å². The van der Waals surface area contributed by atoms with Crippen molar-refractivity contribution in [3.63, 3.8) is 0 Å². The summed E-state index contributed by atoms with van der Waals surface area (Å²) in [4.78, 5) is 0. The molecule has 2 atom stereocenters. The van der Waals surface area contributed by atoms with Crippen LogP contribution in [-0.4, -0.2) is 9.52 Å². The van der Waals surface area contributed by atoms with Gasteiger partial charge in [0.1, 0.15) is 0 Å². The van der Waals surface area contributed by atoms with Gasteiger partial charge in [0.25, 0.3) is 0 Å². The Morgan fingerprint density at radius 3 is 1.21 bits per heavy atom. The van der Waals surface area contributed by atoms with Gasteiger partial charge in [-0.15, -0.1) is 69.1 Å². The first kappa shape index (κ1) is 50.3. The fourth-order valence-corrected chi connectivity index (χ4v) is 9.57. The first-order valence-electron chi connectivity index (χ1n) is 23.1. The van der Waals surface area contributed by atoms with E-state index in [1.54, 1.807) is 0 Å². The Balaban J connectivity index is 0.000000208. The van der Waals surface area contributed by atoms with Gasteiger partial charge in [-0.25, -0.2) is 0 Å². The Labute approximate surface area is 398 Å². The van der Waals surface area contributed by atoms with Crippen molar-refractivity contribution in [3.8, 4) is 22.3 Å². The molecule has 0 nitrogen and oxygen atoms in total. The third kappa shape index (κ3) is 13.2. The number of allylic oxidation sites excluding steroid dienone is 4. The molecule has 0 bridgehead atoms. The molecule has 4 heteroatoms. The Morgan fingerprint density at radius 1 is 0.565 bits per heavy atom. The zero-order valence-corrected chi connectivity index (χ0v) is 44.5. The van der Waals surface area contributed by atoms with Crippen LogP contribution >= 0.6 is 17.0 Å². The van der Waals surface area contributed by atoms with Gasteiger partial charge >= 0.3 is 37.9 Å². The van der Waals surface area contributed by atoms with Gasteiger partial charge in [0.15, 0.2) is 0 Å². The van der Waals surface area contributed by atoms with Crippen molar-refractivity contribution in [2.45, 2.75) is 144 Å². The second kappa shape index (κ2) is 22.9. The van der Waals surface area contributed by atoms with Gasteiger partial charge < -0.3 is 0 Å². The predicted molar refractivity (Wildman–Crippen MR) is 275 cm³/mol. The van der Waals surface area contributed by atoms with E-state index in [1.807, 2.05) is 0 Å². The first-order chi connectivity index (χ1) is 29.6. The molecular weight excluding hydrogens is 887 g/mol. The minimum atomic E-state index is -0.826. The molecule has 326 valence electrons. The van der Waals surface area contributed by atoms with Gasteiger partial charge in [-0.2, -0.15) is 12.1 Å². The van der Waals surface area contributed by atoms with Gasteiger partial charge in [-0.3, -0.25) is 0 Å². The quantitative estimate of drug-likeness (QED) is 0.0810. The van der Waals surface area contributed by atoms with Crippen LogP contribution in [0.3, 0.4) is 0 Å². The summed E-state index contributed by atoms with van der Waals surface area (Å²) in [6.45, 7) is 22.7. The summed E-state index contributed by atoms with van der Waals surface area (Å²) < 4.78 is 0. The Hall–Kier alpha value is -2.74. The third-order valence-electron chi connectivity index (χ3n) is 13.5. The summed E-state index contributed by atoms with van der Waals surface area (Å²) in [6, 6.07) is 41.6. The van der Waals surface area contributed by atoms with Crippen molar-refractivity contribution in [1.29, 1.82) is 0 Å². The Kier molecular flexibility index (Phi) is 18.6. The number of halogens is 2. The first-order valence-corrected chi connectivity index (χ1v) is 31.4. The van der Waals surface area contributed by atoms with Gasteiger partial charge in [0, 0.05) is 9.52 Å². The van der Waals surface area contributed by atoms with Crippen molar-refractivity contribution in [2.24, 2.45) is 10.8 Å². The van der Waals surface area contributed by atoms with Crippen molar-refractivity contribution < 1.29 is 20.8 Å². The maximum atomic E-state index is 4.93. The van der Waals surface area contributed by atoms with Crippen molar-refractivity contribution in [2.75, 3.05) is 0 Å². The topological polar surface area (TPSA) is 0 Å². The number of hydrogen-bond acceptors (Lipinski definition) is 0. The normalized spacial score (nSPS) is 18.5. The molecule has 0 spiro atoms. The van der Waals surface area contributed by atoms with E-state index in [9.17, 15) is 0 Å². The molecule has 0 saturated carbocycles. The summed E-state index contributed by atoms with van der Waals surface area (Å²) in [7, 11) is 11.0. The molecule has 2 aliphatic carbocycles. The summed E-state index contributed by atoms with van der Waals surface area (Å²) in [6.07, 6.45) is 22.0. The zero-order valence-electron chi connectivity index (χ0n) is 39.5. The molecule has 0 heterocycles.